The average Bonchev–Trinajstić information content (AvgIpc) is 2.53. The van der Waals surface area contributed by atoms with E-state index in [4.69, 9.17) is 4.74 Å². The first kappa shape index (κ1) is 19.6. The molecule has 1 aliphatic rings. The molecule has 6 nitrogen and oxygen atoms in total. The molecule has 1 saturated heterocycles. The zero-order valence-electron chi connectivity index (χ0n) is 14.4. The van der Waals surface area contributed by atoms with Gasteiger partial charge in [0.05, 0.1) is 18.8 Å². The topological polar surface area (TPSA) is 87.1 Å². The van der Waals surface area contributed by atoms with E-state index in [-0.39, 0.29) is 29.4 Å². The summed E-state index contributed by atoms with van der Waals surface area (Å²) in [5, 5.41) is 19.0. The predicted molar refractivity (Wildman–Crippen MR) is 87.4 cm³/mol. The second-order valence-electron chi connectivity index (χ2n) is 6.23. The van der Waals surface area contributed by atoms with E-state index in [0.29, 0.717) is 19.6 Å². The molecule has 0 aromatic rings. The molecule has 0 spiro atoms. The number of hydrogen-bond acceptors (Lipinski definition) is 4. The molecule has 2 atom stereocenters. The van der Waals surface area contributed by atoms with E-state index in [1.807, 2.05) is 20.8 Å². The summed E-state index contributed by atoms with van der Waals surface area (Å²) in [6.45, 7) is 9.62. The van der Waals surface area contributed by atoms with Crippen LogP contribution in [0.4, 0.5) is 0 Å². The van der Waals surface area contributed by atoms with Crippen LogP contribution in [0.15, 0.2) is 11.1 Å². The van der Waals surface area contributed by atoms with E-state index in [1.54, 1.807) is 0 Å². The number of rotatable bonds is 9. The van der Waals surface area contributed by atoms with Gasteiger partial charge in [0.15, 0.2) is 0 Å². The SMILES string of the molecule is CCC(C)C(C)C(C(=O)O)=C(CCCN1CCOCC1)C(=O)O. The van der Waals surface area contributed by atoms with Crippen LogP contribution in [0.2, 0.25) is 0 Å². The van der Waals surface area contributed by atoms with Crippen molar-refractivity contribution < 1.29 is 24.5 Å². The van der Waals surface area contributed by atoms with Crippen molar-refractivity contribution in [3.05, 3.63) is 11.1 Å². The van der Waals surface area contributed by atoms with Crippen LogP contribution in [-0.4, -0.2) is 59.9 Å². The summed E-state index contributed by atoms with van der Waals surface area (Å²) in [7, 11) is 0. The summed E-state index contributed by atoms with van der Waals surface area (Å²) >= 11 is 0. The van der Waals surface area contributed by atoms with Crippen LogP contribution in [-0.2, 0) is 14.3 Å². The zero-order chi connectivity index (χ0) is 17.4. The number of carboxylic acids is 2. The van der Waals surface area contributed by atoms with Crippen molar-refractivity contribution in [2.45, 2.75) is 40.0 Å². The third-order valence-corrected chi connectivity index (χ3v) is 4.77. The van der Waals surface area contributed by atoms with Gasteiger partial charge in [0, 0.05) is 18.7 Å². The van der Waals surface area contributed by atoms with Crippen LogP contribution in [0.5, 0.6) is 0 Å². The fourth-order valence-corrected chi connectivity index (χ4v) is 2.90. The Hall–Kier alpha value is -1.40. The summed E-state index contributed by atoms with van der Waals surface area (Å²) in [5.41, 5.74) is 0.118. The maximum atomic E-state index is 11.6. The van der Waals surface area contributed by atoms with Gasteiger partial charge in [-0.1, -0.05) is 27.2 Å². The summed E-state index contributed by atoms with van der Waals surface area (Å²) in [5.74, 6) is -2.36. The van der Waals surface area contributed by atoms with Crippen molar-refractivity contribution in [3.8, 4) is 0 Å². The minimum absolute atomic E-state index is 0.0542. The molecule has 132 valence electrons. The van der Waals surface area contributed by atoms with Crippen LogP contribution >= 0.6 is 0 Å². The summed E-state index contributed by atoms with van der Waals surface area (Å²) in [4.78, 5) is 25.4. The van der Waals surface area contributed by atoms with Gasteiger partial charge in [0.25, 0.3) is 0 Å². The molecule has 0 aromatic carbocycles. The number of carbonyl (C=O) groups is 2. The molecule has 1 fully saturated rings. The van der Waals surface area contributed by atoms with E-state index in [2.05, 4.69) is 4.90 Å². The maximum Gasteiger partial charge on any atom is 0.332 e. The molecule has 0 amide bonds. The second kappa shape index (κ2) is 9.67. The van der Waals surface area contributed by atoms with Crippen LogP contribution in [0.3, 0.4) is 0 Å². The van der Waals surface area contributed by atoms with Crippen molar-refractivity contribution in [2.24, 2.45) is 11.8 Å². The van der Waals surface area contributed by atoms with Gasteiger partial charge in [-0.15, -0.1) is 0 Å². The lowest BCUT2D eigenvalue weighted by Crippen LogP contribution is -2.36. The number of morpholine rings is 1. The van der Waals surface area contributed by atoms with Crippen LogP contribution in [0, 0.1) is 11.8 Å². The fraction of sp³-hybridized carbons (Fsp3) is 0.765. The molecule has 1 aliphatic heterocycles. The van der Waals surface area contributed by atoms with Crippen molar-refractivity contribution >= 4 is 11.9 Å². The minimum atomic E-state index is -1.11. The molecular weight excluding hydrogens is 298 g/mol. The van der Waals surface area contributed by atoms with E-state index < -0.39 is 11.9 Å². The molecule has 0 bridgehead atoms. The summed E-state index contributed by atoms with van der Waals surface area (Å²) in [6.07, 6.45) is 1.75. The van der Waals surface area contributed by atoms with Crippen LogP contribution in [0.1, 0.15) is 40.0 Å². The van der Waals surface area contributed by atoms with Gasteiger partial charge in [0.2, 0.25) is 0 Å². The largest absolute Gasteiger partial charge is 0.478 e. The zero-order valence-corrected chi connectivity index (χ0v) is 14.4. The molecular formula is C17H29NO5. The van der Waals surface area contributed by atoms with Crippen LogP contribution in [0.25, 0.3) is 0 Å². The first-order chi connectivity index (χ1) is 10.9. The van der Waals surface area contributed by atoms with E-state index in [0.717, 1.165) is 26.1 Å². The molecule has 2 N–H and O–H groups in total. The number of nitrogens with zero attached hydrogens (tertiary/aromatic N) is 1. The van der Waals surface area contributed by atoms with Crippen LogP contribution < -0.4 is 0 Å². The Kier molecular flexibility index (Phi) is 8.26. The third kappa shape index (κ3) is 5.95. The first-order valence-electron chi connectivity index (χ1n) is 8.38. The molecule has 0 saturated carbocycles. The molecule has 6 heteroatoms. The minimum Gasteiger partial charge on any atom is -0.478 e. The van der Waals surface area contributed by atoms with E-state index in [9.17, 15) is 19.8 Å². The predicted octanol–water partition coefficient (Wildman–Crippen LogP) is 2.25. The fourth-order valence-electron chi connectivity index (χ4n) is 2.90. The molecule has 0 radical (unpaired) electrons. The van der Waals surface area contributed by atoms with E-state index in [1.165, 1.54) is 0 Å². The van der Waals surface area contributed by atoms with Gasteiger partial charge in [-0.2, -0.15) is 0 Å². The molecule has 1 heterocycles. The Balaban J connectivity index is 2.81. The highest BCUT2D eigenvalue weighted by molar-refractivity contribution is 5.99. The Bertz CT molecular complexity index is 440. The number of aliphatic carboxylic acids is 2. The lowest BCUT2D eigenvalue weighted by Gasteiger charge is -2.26. The highest BCUT2D eigenvalue weighted by atomic mass is 16.5. The number of carboxylic acid groups (broad SMARTS) is 2. The third-order valence-electron chi connectivity index (χ3n) is 4.77. The van der Waals surface area contributed by atoms with Crippen molar-refractivity contribution in [1.29, 1.82) is 0 Å². The normalized spacial score (nSPS) is 19.8. The van der Waals surface area contributed by atoms with Crippen molar-refractivity contribution in [1.82, 2.24) is 4.90 Å². The molecule has 0 aliphatic carbocycles. The monoisotopic (exact) mass is 327 g/mol. The van der Waals surface area contributed by atoms with Crippen molar-refractivity contribution in [2.75, 3.05) is 32.8 Å². The Morgan fingerprint density at radius 1 is 1.13 bits per heavy atom. The lowest BCUT2D eigenvalue weighted by molar-refractivity contribution is -0.136. The van der Waals surface area contributed by atoms with Gasteiger partial charge in [-0.3, -0.25) is 4.90 Å². The van der Waals surface area contributed by atoms with Gasteiger partial charge in [0.1, 0.15) is 0 Å². The highest BCUT2D eigenvalue weighted by Gasteiger charge is 2.27. The molecule has 0 aromatic heterocycles. The Morgan fingerprint density at radius 2 is 1.74 bits per heavy atom. The summed E-state index contributed by atoms with van der Waals surface area (Å²) < 4.78 is 5.28. The molecule has 1 rings (SSSR count). The van der Waals surface area contributed by atoms with Crippen molar-refractivity contribution in [3.63, 3.8) is 0 Å². The first-order valence-corrected chi connectivity index (χ1v) is 8.38. The smallest absolute Gasteiger partial charge is 0.332 e. The number of ether oxygens (including phenoxy) is 1. The maximum absolute atomic E-state index is 11.6. The summed E-state index contributed by atoms with van der Waals surface area (Å²) in [6, 6.07) is 0. The second-order valence-corrected chi connectivity index (χ2v) is 6.23. The quantitative estimate of drug-likeness (QED) is 0.632. The van der Waals surface area contributed by atoms with Gasteiger partial charge >= 0.3 is 11.9 Å². The molecule has 2 unspecified atom stereocenters. The standard InChI is InChI=1S/C17H29NO5/c1-4-12(2)13(3)15(17(21)22)14(16(19)20)6-5-7-18-8-10-23-11-9-18/h12-13H,4-11H2,1-3H3,(H,19,20)(H,21,22). The Morgan fingerprint density at radius 3 is 2.22 bits per heavy atom. The van der Waals surface area contributed by atoms with E-state index >= 15 is 0 Å². The van der Waals surface area contributed by atoms with Gasteiger partial charge in [-0.25, -0.2) is 9.59 Å². The van der Waals surface area contributed by atoms with Gasteiger partial charge < -0.3 is 14.9 Å². The van der Waals surface area contributed by atoms with Gasteiger partial charge in [-0.05, 0) is 31.2 Å². The lowest BCUT2D eigenvalue weighted by atomic mass is 9.83. The molecule has 23 heavy (non-hydrogen) atoms. The highest BCUT2D eigenvalue weighted by Crippen LogP contribution is 2.27. The Labute approximate surface area is 138 Å². The number of hydrogen-bond donors (Lipinski definition) is 2. The average molecular weight is 327 g/mol.